The smallest absolute Gasteiger partial charge is 0.227 e. The molecule has 0 saturated carbocycles. The highest BCUT2D eigenvalue weighted by atomic mass is 16.3. The van der Waals surface area contributed by atoms with Gasteiger partial charge in [-0.05, 0) is 42.5 Å². The first-order valence-electron chi connectivity index (χ1n) is 5.43. The van der Waals surface area contributed by atoms with Crippen LogP contribution in [0.4, 0.5) is 5.69 Å². The molecule has 0 aliphatic heterocycles. The largest absolute Gasteiger partial charge is 0.436 e. The molecule has 0 fully saturated rings. The molecule has 0 aliphatic rings. The van der Waals surface area contributed by atoms with Crippen molar-refractivity contribution in [3.8, 4) is 17.5 Å². The number of anilines is 1. The van der Waals surface area contributed by atoms with Crippen LogP contribution >= 0.6 is 0 Å². The average Bonchev–Trinajstić information content (AvgIpc) is 2.82. The zero-order valence-electron chi connectivity index (χ0n) is 9.42. The molecule has 1 heterocycles. The van der Waals surface area contributed by atoms with Gasteiger partial charge in [0.25, 0.3) is 0 Å². The monoisotopic (exact) mass is 235 g/mol. The van der Waals surface area contributed by atoms with Crippen LogP contribution in [0.1, 0.15) is 5.56 Å². The van der Waals surface area contributed by atoms with Crippen LogP contribution in [-0.2, 0) is 0 Å². The number of aromatic nitrogens is 1. The van der Waals surface area contributed by atoms with Gasteiger partial charge < -0.3 is 10.2 Å². The number of fused-ring (bicyclic) bond motifs is 1. The molecule has 3 rings (SSSR count). The van der Waals surface area contributed by atoms with Gasteiger partial charge in [0.1, 0.15) is 5.52 Å². The fourth-order valence-electron chi connectivity index (χ4n) is 1.75. The molecule has 0 atom stereocenters. The standard InChI is InChI=1S/C14H9N3O/c15-8-9-1-6-13-12(7-9)17-14(18-13)10-2-4-11(16)5-3-10/h1-7H,16H2. The summed E-state index contributed by atoms with van der Waals surface area (Å²) in [5.41, 5.74) is 9.10. The summed E-state index contributed by atoms with van der Waals surface area (Å²) in [5.74, 6) is 0.528. The number of oxazole rings is 1. The Kier molecular flexibility index (Phi) is 2.24. The van der Waals surface area contributed by atoms with E-state index in [2.05, 4.69) is 11.1 Å². The molecule has 2 aromatic carbocycles. The molecule has 4 nitrogen and oxygen atoms in total. The van der Waals surface area contributed by atoms with Gasteiger partial charge in [0.2, 0.25) is 5.89 Å². The summed E-state index contributed by atoms with van der Waals surface area (Å²) in [6.07, 6.45) is 0. The summed E-state index contributed by atoms with van der Waals surface area (Å²) < 4.78 is 5.63. The summed E-state index contributed by atoms with van der Waals surface area (Å²) in [7, 11) is 0. The van der Waals surface area contributed by atoms with Crippen molar-refractivity contribution in [2.24, 2.45) is 0 Å². The van der Waals surface area contributed by atoms with Gasteiger partial charge in [-0.2, -0.15) is 5.26 Å². The van der Waals surface area contributed by atoms with E-state index in [4.69, 9.17) is 15.4 Å². The molecule has 0 radical (unpaired) electrons. The second kappa shape index (κ2) is 3.90. The molecule has 2 N–H and O–H groups in total. The van der Waals surface area contributed by atoms with Crippen molar-refractivity contribution in [3.63, 3.8) is 0 Å². The second-order valence-corrected chi connectivity index (χ2v) is 3.94. The minimum Gasteiger partial charge on any atom is -0.436 e. The Balaban J connectivity index is 2.13. The van der Waals surface area contributed by atoms with Crippen LogP contribution in [0, 0.1) is 11.3 Å². The van der Waals surface area contributed by atoms with Crippen LogP contribution < -0.4 is 5.73 Å². The van der Waals surface area contributed by atoms with Gasteiger partial charge in [-0.1, -0.05) is 0 Å². The van der Waals surface area contributed by atoms with E-state index in [1.54, 1.807) is 30.3 Å². The van der Waals surface area contributed by atoms with Crippen molar-refractivity contribution >= 4 is 16.8 Å². The van der Waals surface area contributed by atoms with Crippen LogP contribution in [0.25, 0.3) is 22.6 Å². The predicted molar refractivity (Wildman–Crippen MR) is 68.6 cm³/mol. The summed E-state index contributed by atoms with van der Waals surface area (Å²) in [5, 5.41) is 8.83. The van der Waals surface area contributed by atoms with Crippen LogP contribution in [0.15, 0.2) is 46.9 Å². The number of benzene rings is 2. The number of hydrogen-bond acceptors (Lipinski definition) is 4. The Morgan fingerprint density at radius 3 is 2.61 bits per heavy atom. The summed E-state index contributed by atoms with van der Waals surface area (Å²) in [4.78, 5) is 4.36. The summed E-state index contributed by atoms with van der Waals surface area (Å²) in [6, 6.07) is 14.5. The molecule has 0 aliphatic carbocycles. The Labute approximate surface area is 103 Å². The maximum Gasteiger partial charge on any atom is 0.227 e. The van der Waals surface area contributed by atoms with Gasteiger partial charge in [-0.3, -0.25) is 0 Å². The lowest BCUT2D eigenvalue weighted by Crippen LogP contribution is -1.83. The molecule has 0 amide bonds. The first kappa shape index (κ1) is 10.4. The molecule has 0 unspecified atom stereocenters. The highest BCUT2D eigenvalue weighted by Gasteiger charge is 2.08. The third kappa shape index (κ3) is 1.68. The number of nitrogen functional groups attached to an aromatic ring is 1. The van der Waals surface area contributed by atoms with Gasteiger partial charge in [0, 0.05) is 11.3 Å². The van der Waals surface area contributed by atoms with E-state index in [0.717, 1.165) is 5.56 Å². The molecular weight excluding hydrogens is 226 g/mol. The molecular formula is C14H9N3O. The number of nitrogens with two attached hydrogens (primary N) is 1. The van der Waals surface area contributed by atoms with Crippen molar-refractivity contribution in [2.45, 2.75) is 0 Å². The fourth-order valence-corrected chi connectivity index (χ4v) is 1.75. The second-order valence-electron chi connectivity index (χ2n) is 3.94. The van der Waals surface area contributed by atoms with Gasteiger partial charge in [0.15, 0.2) is 5.58 Å². The maximum absolute atomic E-state index is 8.83. The average molecular weight is 235 g/mol. The van der Waals surface area contributed by atoms with Crippen molar-refractivity contribution in [2.75, 3.05) is 5.73 Å². The molecule has 0 bridgehead atoms. The van der Waals surface area contributed by atoms with E-state index in [1.807, 2.05) is 12.1 Å². The lowest BCUT2D eigenvalue weighted by atomic mass is 10.2. The number of nitrogens with zero attached hydrogens (tertiary/aromatic N) is 2. The number of nitriles is 1. The first-order chi connectivity index (χ1) is 8.76. The van der Waals surface area contributed by atoms with Crippen molar-refractivity contribution in [1.82, 2.24) is 4.98 Å². The molecule has 86 valence electrons. The van der Waals surface area contributed by atoms with E-state index < -0.39 is 0 Å². The Hall–Kier alpha value is -2.80. The van der Waals surface area contributed by atoms with E-state index in [0.29, 0.717) is 28.2 Å². The Morgan fingerprint density at radius 1 is 1.11 bits per heavy atom. The van der Waals surface area contributed by atoms with E-state index in [1.165, 1.54) is 0 Å². The number of hydrogen-bond donors (Lipinski definition) is 1. The van der Waals surface area contributed by atoms with Crippen LogP contribution in [0.2, 0.25) is 0 Å². The zero-order valence-corrected chi connectivity index (χ0v) is 9.42. The minimum atomic E-state index is 0.528. The topological polar surface area (TPSA) is 75.8 Å². The van der Waals surface area contributed by atoms with Gasteiger partial charge in [-0.15, -0.1) is 0 Å². The molecule has 1 aromatic heterocycles. The van der Waals surface area contributed by atoms with Crippen LogP contribution in [-0.4, -0.2) is 4.98 Å². The molecule has 4 heteroatoms. The van der Waals surface area contributed by atoms with Crippen molar-refractivity contribution < 1.29 is 4.42 Å². The first-order valence-corrected chi connectivity index (χ1v) is 5.43. The summed E-state index contributed by atoms with van der Waals surface area (Å²) in [6.45, 7) is 0. The van der Waals surface area contributed by atoms with E-state index in [9.17, 15) is 0 Å². The Bertz CT molecular complexity index is 751. The molecule has 0 spiro atoms. The lowest BCUT2D eigenvalue weighted by Gasteiger charge is -1.95. The normalized spacial score (nSPS) is 10.4. The molecule has 3 aromatic rings. The van der Waals surface area contributed by atoms with Crippen molar-refractivity contribution in [1.29, 1.82) is 5.26 Å². The van der Waals surface area contributed by atoms with Gasteiger partial charge in [-0.25, -0.2) is 4.98 Å². The minimum absolute atomic E-state index is 0.528. The van der Waals surface area contributed by atoms with Crippen molar-refractivity contribution in [3.05, 3.63) is 48.0 Å². The zero-order chi connectivity index (χ0) is 12.5. The predicted octanol–water partition coefficient (Wildman–Crippen LogP) is 2.95. The van der Waals surface area contributed by atoms with E-state index >= 15 is 0 Å². The fraction of sp³-hybridized carbons (Fsp3) is 0. The van der Waals surface area contributed by atoms with Crippen LogP contribution in [0.3, 0.4) is 0 Å². The highest BCUT2D eigenvalue weighted by molar-refractivity contribution is 5.77. The van der Waals surface area contributed by atoms with Crippen LogP contribution in [0.5, 0.6) is 0 Å². The maximum atomic E-state index is 8.83. The highest BCUT2D eigenvalue weighted by Crippen LogP contribution is 2.25. The molecule has 18 heavy (non-hydrogen) atoms. The quantitative estimate of drug-likeness (QED) is 0.658. The summed E-state index contributed by atoms with van der Waals surface area (Å²) >= 11 is 0. The number of rotatable bonds is 1. The SMILES string of the molecule is N#Cc1ccc2oc(-c3ccc(N)cc3)nc2c1. The molecule has 0 saturated heterocycles. The van der Waals surface area contributed by atoms with Gasteiger partial charge in [0.05, 0.1) is 11.6 Å². The third-order valence-electron chi connectivity index (χ3n) is 2.67. The Morgan fingerprint density at radius 2 is 1.89 bits per heavy atom. The lowest BCUT2D eigenvalue weighted by molar-refractivity contribution is 0.620. The third-order valence-corrected chi connectivity index (χ3v) is 2.67. The van der Waals surface area contributed by atoms with Gasteiger partial charge >= 0.3 is 0 Å². The van der Waals surface area contributed by atoms with E-state index in [-0.39, 0.29) is 0 Å².